The average molecular weight is 529 g/mol. The molecule has 1 aliphatic heterocycles. The summed E-state index contributed by atoms with van der Waals surface area (Å²) in [5, 5.41) is 7.18. The van der Waals surface area contributed by atoms with Crippen molar-refractivity contribution in [2.75, 3.05) is 16.8 Å². The zero-order chi connectivity index (χ0) is 27.3. The number of hydrogen-bond acceptors (Lipinski definition) is 3. The Morgan fingerprint density at radius 3 is 1.95 bits per heavy atom. The summed E-state index contributed by atoms with van der Waals surface area (Å²) in [5.74, 6) is 0.943. The van der Waals surface area contributed by atoms with Gasteiger partial charge in [0.05, 0.1) is 5.69 Å². The molecular weight excluding hydrogens is 500 g/mol. The Bertz CT molecular complexity index is 2050. The SMILES string of the molecule is CN1c2c(c3ccc(N(c4ccccc4)c4ccc5ccccc5c4)cc3c3ccccc23)OC1c1ccccc1. The topological polar surface area (TPSA) is 15.7 Å². The van der Waals surface area contributed by atoms with Crippen molar-refractivity contribution in [3.63, 3.8) is 0 Å². The van der Waals surface area contributed by atoms with Gasteiger partial charge >= 0.3 is 0 Å². The number of ether oxygens (including phenoxy) is 1. The van der Waals surface area contributed by atoms with Crippen molar-refractivity contribution in [3.8, 4) is 5.75 Å². The molecule has 1 heterocycles. The normalized spacial score (nSPS) is 14.4. The molecular formula is C38H28N2O. The first-order valence-corrected chi connectivity index (χ1v) is 14.0. The first-order chi connectivity index (χ1) is 20.3. The fraction of sp³-hybridized carbons (Fsp3) is 0.0526. The van der Waals surface area contributed by atoms with Gasteiger partial charge in [-0.1, -0.05) is 103 Å². The van der Waals surface area contributed by atoms with E-state index in [1.165, 1.54) is 26.9 Å². The molecule has 0 amide bonds. The van der Waals surface area contributed by atoms with Gasteiger partial charge in [0.15, 0.2) is 12.0 Å². The quantitative estimate of drug-likeness (QED) is 0.211. The van der Waals surface area contributed by atoms with E-state index in [2.05, 4.69) is 156 Å². The molecule has 196 valence electrons. The van der Waals surface area contributed by atoms with E-state index >= 15 is 0 Å². The number of benzene rings is 7. The fourth-order valence-corrected chi connectivity index (χ4v) is 6.29. The molecule has 0 aliphatic carbocycles. The van der Waals surface area contributed by atoms with Gasteiger partial charge in [-0.05, 0) is 64.0 Å². The van der Waals surface area contributed by atoms with Crippen LogP contribution >= 0.6 is 0 Å². The molecule has 1 atom stereocenters. The largest absolute Gasteiger partial charge is 0.463 e. The lowest BCUT2D eigenvalue weighted by atomic mass is 9.98. The van der Waals surface area contributed by atoms with Gasteiger partial charge in [-0.3, -0.25) is 0 Å². The van der Waals surface area contributed by atoms with Crippen LogP contribution < -0.4 is 14.5 Å². The predicted molar refractivity (Wildman–Crippen MR) is 172 cm³/mol. The van der Waals surface area contributed by atoms with Crippen LogP contribution in [-0.2, 0) is 0 Å². The van der Waals surface area contributed by atoms with Gasteiger partial charge in [0.1, 0.15) is 0 Å². The van der Waals surface area contributed by atoms with E-state index < -0.39 is 0 Å². The highest BCUT2D eigenvalue weighted by Crippen LogP contribution is 2.52. The summed E-state index contributed by atoms with van der Waals surface area (Å²) < 4.78 is 6.76. The van der Waals surface area contributed by atoms with Gasteiger partial charge in [0.2, 0.25) is 0 Å². The molecule has 3 nitrogen and oxygen atoms in total. The van der Waals surface area contributed by atoms with Crippen LogP contribution in [-0.4, -0.2) is 7.05 Å². The molecule has 0 radical (unpaired) electrons. The van der Waals surface area contributed by atoms with Crippen LogP contribution in [0.5, 0.6) is 5.75 Å². The van der Waals surface area contributed by atoms with Gasteiger partial charge in [0, 0.05) is 40.4 Å². The Kier molecular flexibility index (Phi) is 5.42. The van der Waals surface area contributed by atoms with Crippen molar-refractivity contribution >= 4 is 55.1 Å². The highest BCUT2D eigenvalue weighted by Gasteiger charge is 2.33. The number of fused-ring (bicyclic) bond motifs is 7. The van der Waals surface area contributed by atoms with Gasteiger partial charge in [0.25, 0.3) is 0 Å². The van der Waals surface area contributed by atoms with Crippen LogP contribution in [0.25, 0.3) is 32.3 Å². The zero-order valence-electron chi connectivity index (χ0n) is 22.7. The predicted octanol–water partition coefficient (Wildman–Crippen LogP) is 10.1. The van der Waals surface area contributed by atoms with E-state index in [4.69, 9.17) is 4.74 Å². The molecule has 0 bridgehead atoms. The molecule has 41 heavy (non-hydrogen) atoms. The molecule has 0 N–H and O–H groups in total. The van der Waals surface area contributed by atoms with E-state index in [9.17, 15) is 0 Å². The first kappa shape index (κ1) is 23.6. The molecule has 0 saturated carbocycles. The van der Waals surface area contributed by atoms with Crippen LogP contribution in [0.1, 0.15) is 11.8 Å². The minimum Gasteiger partial charge on any atom is -0.463 e. The lowest BCUT2D eigenvalue weighted by molar-refractivity contribution is 0.237. The van der Waals surface area contributed by atoms with Crippen LogP contribution in [0.2, 0.25) is 0 Å². The maximum atomic E-state index is 6.76. The fourth-order valence-electron chi connectivity index (χ4n) is 6.29. The van der Waals surface area contributed by atoms with Crippen molar-refractivity contribution in [1.82, 2.24) is 0 Å². The summed E-state index contributed by atoms with van der Waals surface area (Å²) in [6.07, 6.45) is -0.168. The molecule has 0 aromatic heterocycles. The average Bonchev–Trinajstić information content (AvgIpc) is 3.39. The Labute approximate surface area is 239 Å². The third-order valence-electron chi connectivity index (χ3n) is 8.22. The second-order valence-corrected chi connectivity index (χ2v) is 10.6. The summed E-state index contributed by atoms with van der Waals surface area (Å²) in [5.41, 5.74) is 5.64. The monoisotopic (exact) mass is 528 g/mol. The maximum absolute atomic E-state index is 6.76. The van der Waals surface area contributed by atoms with E-state index in [-0.39, 0.29) is 6.23 Å². The summed E-state index contributed by atoms with van der Waals surface area (Å²) in [6.45, 7) is 0. The van der Waals surface area contributed by atoms with Gasteiger partial charge in [-0.15, -0.1) is 0 Å². The Hall–Kier alpha value is -5.28. The van der Waals surface area contributed by atoms with Crippen molar-refractivity contribution in [2.45, 2.75) is 6.23 Å². The highest BCUT2D eigenvalue weighted by molar-refractivity contribution is 6.18. The van der Waals surface area contributed by atoms with Crippen LogP contribution in [0.3, 0.4) is 0 Å². The first-order valence-electron chi connectivity index (χ1n) is 14.0. The van der Waals surface area contributed by atoms with Crippen molar-refractivity contribution in [2.24, 2.45) is 0 Å². The smallest absolute Gasteiger partial charge is 0.198 e. The second-order valence-electron chi connectivity index (χ2n) is 10.6. The van der Waals surface area contributed by atoms with Crippen LogP contribution in [0.4, 0.5) is 22.7 Å². The van der Waals surface area contributed by atoms with Crippen molar-refractivity contribution < 1.29 is 4.74 Å². The van der Waals surface area contributed by atoms with E-state index in [1.807, 2.05) is 6.07 Å². The van der Waals surface area contributed by atoms with Crippen molar-refractivity contribution in [1.29, 1.82) is 0 Å². The Morgan fingerprint density at radius 2 is 1.15 bits per heavy atom. The van der Waals surface area contributed by atoms with Gasteiger partial charge in [-0.25, -0.2) is 0 Å². The molecule has 0 fully saturated rings. The number of anilines is 4. The van der Waals surface area contributed by atoms with E-state index in [0.29, 0.717) is 0 Å². The number of hydrogen-bond donors (Lipinski definition) is 0. The standard InChI is InChI=1S/C38H28N2O/c1-39-36-33-19-11-10-18-32(33)35-25-31(22-23-34(35)37(36)41-38(39)27-13-4-2-5-14-27)40(29-16-6-3-7-17-29)30-21-20-26-12-8-9-15-28(26)24-30/h2-25,38H,1H3. The molecule has 0 spiro atoms. The summed E-state index contributed by atoms with van der Waals surface area (Å²) in [7, 11) is 2.13. The van der Waals surface area contributed by atoms with E-state index in [1.54, 1.807) is 0 Å². The number of rotatable bonds is 4. The van der Waals surface area contributed by atoms with Crippen LogP contribution in [0, 0.1) is 0 Å². The minimum atomic E-state index is -0.168. The van der Waals surface area contributed by atoms with Crippen LogP contribution in [0.15, 0.2) is 146 Å². The second kappa shape index (κ2) is 9.42. The maximum Gasteiger partial charge on any atom is 0.198 e. The molecule has 7 aromatic carbocycles. The summed E-state index contributed by atoms with van der Waals surface area (Å²) >= 11 is 0. The lowest BCUT2D eigenvalue weighted by Crippen LogP contribution is -2.22. The molecule has 8 rings (SSSR count). The highest BCUT2D eigenvalue weighted by atomic mass is 16.5. The Morgan fingerprint density at radius 1 is 0.512 bits per heavy atom. The molecule has 1 aliphatic rings. The van der Waals surface area contributed by atoms with Gasteiger partial charge < -0.3 is 14.5 Å². The lowest BCUT2D eigenvalue weighted by Gasteiger charge is -2.26. The Balaban J connectivity index is 1.35. The zero-order valence-corrected chi connectivity index (χ0v) is 22.7. The molecule has 3 heteroatoms. The molecule has 0 saturated heterocycles. The molecule has 7 aromatic rings. The number of nitrogens with zero attached hydrogens (tertiary/aromatic N) is 2. The molecule has 1 unspecified atom stereocenters. The summed E-state index contributed by atoms with van der Waals surface area (Å²) in [6, 6.07) is 51.7. The van der Waals surface area contributed by atoms with Gasteiger partial charge in [-0.2, -0.15) is 0 Å². The van der Waals surface area contributed by atoms with E-state index in [0.717, 1.165) is 39.4 Å². The van der Waals surface area contributed by atoms with Crippen molar-refractivity contribution in [3.05, 3.63) is 151 Å². The number of para-hydroxylation sites is 1. The third kappa shape index (κ3) is 3.81. The summed E-state index contributed by atoms with van der Waals surface area (Å²) in [4.78, 5) is 4.61. The minimum absolute atomic E-state index is 0.168. The third-order valence-corrected chi connectivity index (χ3v) is 8.22.